The van der Waals surface area contributed by atoms with E-state index in [0.29, 0.717) is 0 Å². The lowest BCUT2D eigenvalue weighted by atomic mass is 9.86. The molecule has 0 atom stereocenters. The van der Waals surface area contributed by atoms with Gasteiger partial charge >= 0.3 is 0 Å². The largest absolute Gasteiger partial charge is 0.305 e. The Hall–Kier alpha value is -1.94. The second-order valence-corrected chi connectivity index (χ2v) is 8.26. The summed E-state index contributed by atoms with van der Waals surface area (Å²) in [5, 5.41) is 0.989. The van der Waals surface area contributed by atoms with Gasteiger partial charge in [0.25, 0.3) is 0 Å². The van der Waals surface area contributed by atoms with Crippen molar-refractivity contribution in [3.63, 3.8) is 0 Å². The Morgan fingerprint density at radius 2 is 1.83 bits per heavy atom. The topological polar surface area (TPSA) is 32.7 Å². The molecule has 0 saturated carbocycles. The van der Waals surface area contributed by atoms with E-state index in [9.17, 15) is 4.79 Å². The third-order valence-corrected chi connectivity index (χ3v) is 5.29. The van der Waals surface area contributed by atoms with Crippen LogP contribution in [0, 0.1) is 6.92 Å². The zero-order valence-electron chi connectivity index (χ0n) is 14.3. The van der Waals surface area contributed by atoms with Gasteiger partial charge in [0.15, 0.2) is 0 Å². The molecule has 4 heteroatoms. The number of likely N-dealkylation sites (N-methyl/N-ethyl adjacent to an activating group) is 1. The normalized spacial score (nSPS) is 15.3. The van der Waals surface area contributed by atoms with Gasteiger partial charge in [0.2, 0.25) is 5.91 Å². The standard InChI is InChI=1S/C19H22N2OS/c1-12-10-15-17(20-11-16(22)21(5)18(15)23-12)13-6-8-14(9-7-13)19(2,3)4/h6-10H,11H2,1-5H3. The number of benzene rings is 1. The van der Waals surface area contributed by atoms with Gasteiger partial charge in [-0.2, -0.15) is 0 Å². The molecule has 1 aliphatic heterocycles. The van der Waals surface area contributed by atoms with Crippen molar-refractivity contribution in [1.82, 2.24) is 0 Å². The highest BCUT2D eigenvalue weighted by Gasteiger charge is 2.25. The van der Waals surface area contributed by atoms with Crippen LogP contribution in [0.1, 0.15) is 42.3 Å². The van der Waals surface area contributed by atoms with E-state index in [4.69, 9.17) is 0 Å². The van der Waals surface area contributed by atoms with Crippen molar-refractivity contribution in [3.05, 3.63) is 51.9 Å². The van der Waals surface area contributed by atoms with Crippen molar-refractivity contribution in [2.24, 2.45) is 4.99 Å². The van der Waals surface area contributed by atoms with Crippen LogP contribution in [0.3, 0.4) is 0 Å². The van der Waals surface area contributed by atoms with Gasteiger partial charge in [0.1, 0.15) is 11.5 Å². The molecule has 0 unspecified atom stereocenters. The number of hydrogen-bond acceptors (Lipinski definition) is 3. The number of aryl methyl sites for hydroxylation is 1. The fraction of sp³-hybridized carbons (Fsp3) is 0.368. The van der Waals surface area contributed by atoms with Gasteiger partial charge in [-0.25, -0.2) is 0 Å². The number of anilines is 1. The predicted octanol–water partition coefficient (Wildman–Crippen LogP) is 4.17. The molecular formula is C19H22N2OS. The van der Waals surface area contributed by atoms with Crippen molar-refractivity contribution in [3.8, 4) is 0 Å². The van der Waals surface area contributed by atoms with Crippen molar-refractivity contribution in [2.45, 2.75) is 33.1 Å². The summed E-state index contributed by atoms with van der Waals surface area (Å²) < 4.78 is 0. The molecule has 0 fully saturated rings. The minimum atomic E-state index is 0.0365. The van der Waals surface area contributed by atoms with Crippen molar-refractivity contribution in [1.29, 1.82) is 0 Å². The first-order chi connectivity index (χ1) is 10.8. The number of fused-ring (bicyclic) bond motifs is 1. The fourth-order valence-electron chi connectivity index (χ4n) is 2.75. The fourth-order valence-corrected chi connectivity index (χ4v) is 3.73. The Morgan fingerprint density at radius 3 is 2.43 bits per heavy atom. The molecular weight excluding hydrogens is 304 g/mol. The number of carbonyl (C=O) groups excluding carboxylic acids is 1. The maximum atomic E-state index is 12.2. The lowest BCUT2D eigenvalue weighted by molar-refractivity contribution is -0.116. The number of carbonyl (C=O) groups is 1. The molecule has 3 nitrogen and oxygen atoms in total. The number of nitrogens with zero attached hydrogens (tertiary/aromatic N) is 2. The molecule has 1 aromatic carbocycles. The highest BCUT2D eigenvalue weighted by Crippen LogP contribution is 2.34. The molecule has 0 saturated heterocycles. The van der Waals surface area contributed by atoms with E-state index in [2.05, 4.69) is 63.0 Å². The van der Waals surface area contributed by atoms with Crippen molar-refractivity contribution < 1.29 is 4.79 Å². The van der Waals surface area contributed by atoms with Gasteiger partial charge in [-0.15, -0.1) is 11.3 Å². The third-order valence-electron chi connectivity index (χ3n) is 4.17. The zero-order valence-corrected chi connectivity index (χ0v) is 15.1. The minimum Gasteiger partial charge on any atom is -0.305 e. The van der Waals surface area contributed by atoms with Crippen LogP contribution in [-0.2, 0) is 10.2 Å². The quantitative estimate of drug-likeness (QED) is 0.774. The van der Waals surface area contributed by atoms with Crippen LogP contribution in [0.4, 0.5) is 5.00 Å². The summed E-state index contributed by atoms with van der Waals surface area (Å²) in [6.07, 6.45) is 0. The Balaban J connectivity index is 2.08. The summed E-state index contributed by atoms with van der Waals surface area (Å²) in [5.74, 6) is 0.0365. The number of thiophene rings is 1. The molecule has 2 aromatic rings. The Bertz CT molecular complexity index is 779. The van der Waals surface area contributed by atoms with Gasteiger partial charge in [0.05, 0.1) is 5.71 Å². The highest BCUT2D eigenvalue weighted by molar-refractivity contribution is 7.16. The first kappa shape index (κ1) is 15.9. The number of aliphatic imine (C=N–C) groups is 1. The molecule has 23 heavy (non-hydrogen) atoms. The number of rotatable bonds is 1. The van der Waals surface area contributed by atoms with Crippen LogP contribution in [0.25, 0.3) is 0 Å². The molecule has 0 aliphatic carbocycles. The zero-order chi connectivity index (χ0) is 16.8. The summed E-state index contributed by atoms with van der Waals surface area (Å²) >= 11 is 1.65. The van der Waals surface area contributed by atoms with Gasteiger partial charge in [0, 0.05) is 23.1 Å². The third kappa shape index (κ3) is 2.95. The number of amides is 1. The van der Waals surface area contributed by atoms with Crippen LogP contribution in [0.2, 0.25) is 0 Å². The van der Waals surface area contributed by atoms with Gasteiger partial charge in [-0.3, -0.25) is 9.79 Å². The molecule has 0 bridgehead atoms. The molecule has 1 aromatic heterocycles. The SMILES string of the molecule is Cc1cc2c(s1)N(C)C(=O)CN=C2c1ccc(C(C)(C)C)cc1. The smallest absolute Gasteiger partial charge is 0.249 e. The lowest BCUT2D eigenvalue weighted by Crippen LogP contribution is -2.26. The summed E-state index contributed by atoms with van der Waals surface area (Å²) in [6.45, 7) is 8.89. The van der Waals surface area contributed by atoms with Gasteiger partial charge in [-0.05, 0) is 24.0 Å². The van der Waals surface area contributed by atoms with E-state index in [-0.39, 0.29) is 17.9 Å². The molecule has 3 rings (SSSR count). The first-order valence-corrected chi connectivity index (χ1v) is 8.62. The molecule has 0 N–H and O–H groups in total. The minimum absolute atomic E-state index is 0.0365. The van der Waals surface area contributed by atoms with Crippen LogP contribution < -0.4 is 4.90 Å². The van der Waals surface area contributed by atoms with Crippen molar-refractivity contribution in [2.75, 3.05) is 18.5 Å². The summed E-state index contributed by atoms with van der Waals surface area (Å²) in [6, 6.07) is 10.7. The average Bonchev–Trinajstić information content (AvgIpc) is 2.83. The summed E-state index contributed by atoms with van der Waals surface area (Å²) in [7, 11) is 1.83. The van der Waals surface area contributed by atoms with E-state index in [1.165, 1.54) is 10.4 Å². The van der Waals surface area contributed by atoms with E-state index in [1.54, 1.807) is 16.2 Å². The maximum Gasteiger partial charge on any atom is 0.249 e. The first-order valence-electron chi connectivity index (χ1n) is 7.80. The van der Waals surface area contributed by atoms with Crippen LogP contribution in [-0.4, -0.2) is 25.2 Å². The van der Waals surface area contributed by atoms with E-state index >= 15 is 0 Å². The Kier molecular flexibility index (Phi) is 3.88. The highest BCUT2D eigenvalue weighted by atomic mass is 32.1. The van der Waals surface area contributed by atoms with Crippen LogP contribution >= 0.6 is 11.3 Å². The maximum absolute atomic E-state index is 12.2. The Labute approximate surface area is 141 Å². The second kappa shape index (κ2) is 5.60. The van der Waals surface area contributed by atoms with Crippen LogP contribution in [0.5, 0.6) is 0 Å². The predicted molar refractivity (Wildman–Crippen MR) is 98.1 cm³/mol. The second-order valence-electron chi connectivity index (χ2n) is 7.02. The molecule has 1 amide bonds. The van der Waals surface area contributed by atoms with E-state index in [1.807, 2.05) is 7.05 Å². The molecule has 0 spiro atoms. The van der Waals surface area contributed by atoms with E-state index in [0.717, 1.165) is 21.8 Å². The molecule has 2 heterocycles. The van der Waals surface area contributed by atoms with E-state index < -0.39 is 0 Å². The van der Waals surface area contributed by atoms with Crippen LogP contribution in [0.15, 0.2) is 35.3 Å². The Morgan fingerprint density at radius 1 is 1.17 bits per heavy atom. The van der Waals surface area contributed by atoms with Gasteiger partial charge < -0.3 is 4.90 Å². The number of hydrogen-bond donors (Lipinski definition) is 0. The molecule has 120 valence electrons. The monoisotopic (exact) mass is 326 g/mol. The molecule has 0 radical (unpaired) electrons. The molecule has 1 aliphatic rings. The summed E-state index contributed by atoms with van der Waals surface area (Å²) in [5.41, 5.74) is 4.47. The average molecular weight is 326 g/mol. The lowest BCUT2D eigenvalue weighted by Gasteiger charge is -2.19. The van der Waals surface area contributed by atoms with Gasteiger partial charge in [-0.1, -0.05) is 45.0 Å². The van der Waals surface area contributed by atoms with Crippen molar-refractivity contribution >= 4 is 28.0 Å². The summed E-state index contributed by atoms with van der Waals surface area (Å²) in [4.78, 5) is 19.7.